The van der Waals surface area contributed by atoms with E-state index < -0.39 is 51.7 Å². The predicted octanol–water partition coefficient (Wildman–Crippen LogP) is 3.32. The molecule has 0 saturated heterocycles. The first-order valence-corrected chi connectivity index (χ1v) is 5.19. The Labute approximate surface area is 109 Å². The number of rotatable bonds is 2. The first-order valence-electron chi connectivity index (χ1n) is 5.19. The van der Waals surface area contributed by atoms with Crippen LogP contribution in [-0.2, 0) is 0 Å². The molecular formula is C13H5F5O2. The fourth-order valence-corrected chi connectivity index (χ4v) is 1.56. The van der Waals surface area contributed by atoms with Crippen molar-refractivity contribution in [3.05, 3.63) is 64.5 Å². The van der Waals surface area contributed by atoms with Crippen molar-refractivity contribution >= 4 is 5.78 Å². The molecule has 0 fully saturated rings. The van der Waals surface area contributed by atoms with E-state index in [1.165, 1.54) is 0 Å². The molecule has 2 nitrogen and oxygen atoms in total. The highest BCUT2D eigenvalue weighted by atomic mass is 19.2. The maximum atomic E-state index is 13.5. The van der Waals surface area contributed by atoms with Crippen LogP contribution in [0.1, 0.15) is 15.9 Å². The molecule has 20 heavy (non-hydrogen) atoms. The van der Waals surface area contributed by atoms with Gasteiger partial charge in [-0.25, -0.2) is 17.6 Å². The summed E-state index contributed by atoms with van der Waals surface area (Å²) in [6, 6.07) is 2.49. The molecule has 0 atom stereocenters. The van der Waals surface area contributed by atoms with Crippen LogP contribution in [0.25, 0.3) is 0 Å². The lowest BCUT2D eigenvalue weighted by molar-refractivity contribution is 0.102. The zero-order chi connectivity index (χ0) is 15.0. The molecule has 0 unspecified atom stereocenters. The molecule has 0 aliphatic heterocycles. The number of aromatic hydroxyl groups is 1. The van der Waals surface area contributed by atoms with Crippen LogP contribution >= 0.6 is 0 Å². The summed E-state index contributed by atoms with van der Waals surface area (Å²) in [5, 5.41) is 8.90. The van der Waals surface area contributed by atoms with Gasteiger partial charge in [-0.2, -0.15) is 4.39 Å². The van der Waals surface area contributed by atoms with E-state index in [-0.39, 0.29) is 0 Å². The second kappa shape index (κ2) is 4.92. The van der Waals surface area contributed by atoms with E-state index in [1.54, 1.807) is 0 Å². The summed E-state index contributed by atoms with van der Waals surface area (Å²) in [7, 11) is 0. The molecule has 1 N–H and O–H groups in total. The summed E-state index contributed by atoms with van der Waals surface area (Å²) in [4.78, 5) is 11.8. The summed E-state index contributed by atoms with van der Waals surface area (Å²) >= 11 is 0. The van der Waals surface area contributed by atoms with Crippen molar-refractivity contribution in [1.82, 2.24) is 0 Å². The number of phenolic OH excluding ortho intramolecular Hbond substituents is 1. The lowest BCUT2D eigenvalue weighted by atomic mass is 10.0. The molecule has 0 saturated carbocycles. The van der Waals surface area contributed by atoms with Crippen molar-refractivity contribution in [3.8, 4) is 5.75 Å². The Morgan fingerprint density at radius 2 is 1.25 bits per heavy atom. The van der Waals surface area contributed by atoms with Crippen LogP contribution in [0.3, 0.4) is 0 Å². The van der Waals surface area contributed by atoms with Crippen molar-refractivity contribution < 1.29 is 31.9 Å². The Bertz CT molecular complexity index is 653. The largest absolute Gasteiger partial charge is 0.505 e. The molecule has 0 aliphatic rings. The van der Waals surface area contributed by atoms with E-state index in [0.717, 1.165) is 0 Å². The zero-order valence-corrected chi connectivity index (χ0v) is 9.55. The highest BCUT2D eigenvalue weighted by Crippen LogP contribution is 2.25. The van der Waals surface area contributed by atoms with Gasteiger partial charge in [0.15, 0.2) is 34.8 Å². The van der Waals surface area contributed by atoms with Crippen LogP contribution < -0.4 is 0 Å². The third-order valence-electron chi connectivity index (χ3n) is 2.59. The average Bonchev–Trinajstić information content (AvgIpc) is 2.42. The summed E-state index contributed by atoms with van der Waals surface area (Å²) in [6.45, 7) is 0. The number of hydrogen-bond donors (Lipinski definition) is 1. The maximum Gasteiger partial charge on any atom is 0.201 e. The van der Waals surface area contributed by atoms with Crippen molar-refractivity contribution in [2.24, 2.45) is 0 Å². The SMILES string of the molecule is O=C(c1ccc(O)c(F)c1F)c1ccc(F)c(F)c1F. The van der Waals surface area contributed by atoms with Crippen molar-refractivity contribution in [3.63, 3.8) is 0 Å². The van der Waals surface area contributed by atoms with Gasteiger partial charge in [0, 0.05) is 0 Å². The molecule has 0 aliphatic carbocycles. The van der Waals surface area contributed by atoms with Crippen LogP contribution in [-0.4, -0.2) is 10.9 Å². The number of carbonyl (C=O) groups excluding carboxylic acids is 1. The van der Waals surface area contributed by atoms with Gasteiger partial charge in [-0.1, -0.05) is 0 Å². The Morgan fingerprint density at radius 1 is 0.750 bits per heavy atom. The average molecular weight is 288 g/mol. The fourth-order valence-electron chi connectivity index (χ4n) is 1.56. The van der Waals surface area contributed by atoms with E-state index in [2.05, 4.69) is 0 Å². The van der Waals surface area contributed by atoms with E-state index >= 15 is 0 Å². The van der Waals surface area contributed by atoms with Crippen molar-refractivity contribution in [1.29, 1.82) is 0 Å². The number of hydrogen-bond acceptors (Lipinski definition) is 2. The lowest BCUT2D eigenvalue weighted by Crippen LogP contribution is -2.10. The second-order valence-corrected chi connectivity index (χ2v) is 3.81. The summed E-state index contributed by atoms with van der Waals surface area (Å²) < 4.78 is 65.7. The van der Waals surface area contributed by atoms with Crippen molar-refractivity contribution in [2.45, 2.75) is 0 Å². The summed E-state index contributed by atoms with van der Waals surface area (Å²) in [6.07, 6.45) is 0. The van der Waals surface area contributed by atoms with E-state index in [4.69, 9.17) is 5.11 Å². The Balaban J connectivity index is 2.58. The van der Waals surface area contributed by atoms with Gasteiger partial charge in [-0.3, -0.25) is 4.79 Å². The second-order valence-electron chi connectivity index (χ2n) is 3.81. The van der Waals surface area contributed by atoms with Crippen molar-refractivity contribution in [2.75, 3.05) is 0 Å². The van der Waals surface area contributed by atoms with Gasteiger partial charge in [0.25, 0.3) is 0 Å². The fraction of sp³-hybridized carbons (Fsp3) is 0. The molecule has 2 rings (SSSR count). The quantitative estimate of drug-likeness (QED) is 0.523. The Hall–Kier alpha value is -2.44. The van der Waals surface area contributed by atoms with Crippen LogP contribution in [0, 0.1) is 29.1 Å². The molecule has 0 radical (unpaired) electrons. The smallest absolute Gasteiger partial charge is 0.201 e. The molecule has 7 heteroatoms. The highest BCUT2D eigenvalue weighted by molar-refractivity contribution is 6.09. The van der Waals surface area contributed by atoms with Gasteiger partial charge in [-0.05, 0) is 24.3 Å². The molecule has 0 heterocycles. The minimum Gasteiger partial charge on any atom is -0.505 e. The van der Waals surface area contributed by atoms with Gasteiger partial charge in [-0.15, -0.1) is 0 Å². The summed E-state index contributed by atoms with van der Waals surface area (Å²) in [5.74, 6) is -11.0. The third kappa shape index (κ3) is 2.11. The van der Waals surface area contributed by atoms with Crippen LogP contribution in [0.5, 0.6) is 5.75 Å². The molecule has 0 bridgehead atoms. The predicted molar refractivity (Wildman–Crippen MR) is 57.8 cm³/mol. The van der Waals surface area contributed by atoms with Gasteiger partial charge in [0.1, 0.15) is 0 Å². The van der Waals surface area contributed by atoms with E-state index in [9.17, 15) is 26.7 Å². The van der Waals surface area contributed by atoms with Crippen LogP contribution in [0.15, 0.2) is 24.3 Å². The topological polar surface area (TPSA) is 37.3 Å². The van der Waals surface area contributed by atoms with Gasteiger partial charge in [0.2, 0.25) is 5.82 Å². The van der Waals surface area contributed by atoms with Gasteiger partial charge >= 0.3 is 0 Å². The summed E-state index contributed by atoms with van der Waals surface area (Å²) in [5.41, 5.74) is -1.86. The standard InChI is InChI=1S/C13H5F5O2/c14-7-3-1-5(9(15)11(7)17)13(20)6-2-4-8(19)12(18)10(6)16/h1-4,19H. The molecular weight excluding hydrogens is 283 g/mol. The number of carbonyl (C=O) groups is 1. The molecule has 2 aromatic carbocycles. The van der Waals surface area contributed by atoms with Gasteiger partial charge < -0.3 is 5.11 Å². The number of benzene rings is 2. The molecule has 2 aromatic rings. The van der Waals surface area contributed by atoms with E-state index in [0.29, 0.717) is 24.3 Å². The first kappa shape index (κ1) is 14.0. The zero-order valence-electron chi connectivity index (χ0n) is 9.55. The number of phenols is 1. The van der Waals surface area contributed by atoms with E-state index in [1.807, 2.05) is 0 Å². The highest BCUT2D eigenvalue weighted by Gasteiger charge is 2.24. The number of halogens is 5. The monoisotopic (exact) mass is 288 g/mol. The minimum atomic E-state index is -1.89. The van der Waals surface area contributed by atoms with Crippen LogP contribution in [0.2, 0.25) is 0 Å². The minimum absolute atomic E-state index is 0.486. The normalized spacial score (nSPS) is 10.7. The Morgan fingerprint density at radius 3 is 1.85 bits per heavy atom. The molecule has 0 aromatic heterocycles. The molecule has 0 spiro atoms. The molecule has 104 valence electrons. The van der Waals surface area contributed by atoms with Gasteiger partial charge in [0.05, 0.1) is 11.1 Å². The third-order valence-corrected chi connectivity index (χ3v) is 2.59. The van der Waals surface area contributed by atoms with Crippen LogP contribution in [0.4, 0.5) is 22.0 Å². The number of ketones is 1. The lowest BCUT2D eigenvalue weighted by Gasteiger charge is -2.06. The molecule has 0 amide bonds. The Kier molecular flexibility index (Phi) is 3.44. The first-order chi connectivity index (χ1) is 9.34. The maximum absolute atomic E-state index is 13.5.